The zero-order valence-electron chi connectivity index (χ0n) is 18.8. The van der Waals surface area contributed by atoms with Gasteiger partial charge < -0.3 is 5.32 Å². The standard InChI is InChI=1S/C25H44N2O2/c1-2-3-4-5-6-7-8-9-10-11-12-13-14-15-16-17-21-26-22-18-23-27-24(28)19-20-25(27)29/h9-10,19-20,26H,2-8,11-18,21-23H2,1H3. The minimum Gasteiger partial charge on any atom is -0.317 e. The molecule has 0 aliphatic carbocycles. The van der Waals surface area contributed by atoms with Gasteiger partial charge in [-0.15, -0.1) is 0 Å². The molecular weight excluding hydrogens is 360 g/mol. The fourth-order valence-electron chi connectivity index (χ4n) is 3.64. The first-order valence-corrected chi connectivity index (χ1v) is 12.1. The fraction of sp³-hybridized carbons (Fsp3) is 0.760. The van der Waals surface area contributed by atoms with Gasteiger partial charge in [-0.3, -0.25) is 14.5 Å². The van der Waals surface area contributed by atoms with Crippen molar-refractivity contribution in [3.63, 3.8) is 0 Å². The molecule has 4 heteroatoms. The molecule has 0 aromatic carbocycles. The molecule has 29 heavy (non-hydrogen) atoms. The zero-order chi connectivity index (χ0) is 21.0. The highest BCUT2D eigenvalue weighted by molar-refractivity contribution is 6.12. The molecule has 0 unspecified atom stereocenters. The maximum Gasteiger partial charge on any atom is 0.253 e. The van der Waals surface area contributed by atoms with E-state index in [1.54, 1.807) is 0 Å². The highest BCUT2D eigenvalue weighted by Crippen LogP contribution is 2.10. The summed E-state index contributed by atoms with van der Waals surface area (Å²) in [5, 5.41) is 3.41. The lowest BCUT2D eigenvalue weighted by Gasteiger charge is -2.13. The van der Waals surface area contributed by atoms with Crippen LogP contribution < -0.4 is 5.32 Å². The average Bonchev–Trinajstić information content (AvgIpc) is 3.04. The van der Waals surface area contributed by atoms with Crippen LogP contribution in [0.4, 0.5) is 0 Å². The van der Waals surface area contributed by atoms with Gasteiger partial charge in [0.05, 0.1) is 0 Å². The van der Waals surface area contributed by atoms with Gasteiger partial charge in [0.25, 0.3) is 11.8 Å². The van der Waals surface area contributed by atoms with Crippen molar-refractivity contribution in [3.8, 4) is 0 Å². The normalized spacial score (nSPS) is 14.0. The Morgan fingerprint density at radius 3 is 1.76 bits per heavy atom. The number of rotatable bonds is 20. The van der Waals surface area contributed by atoms with Crippen LogP contribution in [0.1, 0.15) is 103 Å². The number of hydrogen-bond donors (Lipinski definition) is 1. The third-order valence-electron chi connectivity index (χ3n) is 5.50. The van der Waals surface area contributed by atoms with Gasteiger partial charge in [0.15, 0.2) is 0 Å². The molecule has 0 saturated carbocycles. The number of imide groups is 1. The monoisotopic (exact) mass is 404 g/mol. The lowest BCUT2D eigenvalue weighted by molar-refractivity contribution is -0.136. The van der Waals surface area contributed by atoms with Gasteiger partial charge in [-0.2, -0.15) is 0 Å². The third-order valence-corrected chi connectivity index (χ3v) is 5.50. The Kier molecular flexibility index (Phi) is 16.4. The number of carbonyl (C=O) groups excluding carboxylic acids is 2. The Bertz CT molecular complexity index is 467. The van der Waals surface area contributed by atoms with Crippen molar-refractivity contribution in [3.05, 3.63) is 24.3 Å². The molecule has 1 aliphatic heterocycles. The van der Waals surface area contributed by atoms with E-state index in [4.69, 9.17) is 0 Å². The first-order valence-electron chi connectivity index (χ1n) is 12.1. The molecule has 1 rings (SSSR count). The molecule has 4 nitrogen and oxygen atoms in total. The van der Waals surface area contributed by atoms with Crippen LogP contribution >= 0.6 is 0 Å². The minimum absolute atomic E-state index is 0.178. The Labute approximate surface area is 179 Å². The summed E-state index contributed by atoms with van der Waals surface area (Å²) in [5.41, 5.74) is 0. The first-order chi connectivity index (χ1) is 14.3. The van der Waals surface area contributed by atoms with Gasteiger partial charge in [-0.05, 0) is 51.6 Å². The van der Waals surface area contributed by atoms with Gasteiger partial charge in [0.2, 0.25) is 0 Å². The largest absolute Gasteiger partial charge is 0.317 e. The molecule has 0 atom stereocenters. The third kappa shape index (κ3) is 14.2. The van der Waals surface area contributed by atoms with Gasteiger partial charge in [0, 0.05) is 18.7 Å². The van der Waals surface area contributed by atoms with Crippen LogP contribution in [0.2, 0.25) is 0 Å². The maximum absolute atomic E-state index is 11.4. The fourth-order valence-corrected chi connectivity index (χ4v) is 3.64. The number of nitrogens with one attached hydrogen (secondary N) is 1. The van der Waals surface area contributed by atoms with E-state index in [1.165, 1.54) is 107 Å². The van der Waals surface area contributed by atoms with E-state index < -0.39 is 0 Å². The SMILES string of the molecule is CCCCCCCCC=CCCCCCCCCNCCCN1C(=O)C=CC1=O. The number of hydrogen-bond acceptors (Lipinski definition) is 3. The molecule has 0 spiro atoms. The highest BCUT2D eigenvalue weighted by Gasteiger charge is 2.21. The number of amides is 2. The van der Waals surface area contributed by atoms with Gasteiger partial charge in [0.1, 0.15) is 0 Å². The van der Waals surface area contributed by atoms with Crippen molar-refractivity contribution in [1.82, 2.24) is 10.2 Å². The summed E-state index contributed by atoms with van der Waals surface area (Å²) in [6, 6.07) is 0. The zero-order valence-corrected chi connectivity index (χ0v) is 18.8. The second kappa shape index (κ2) is 18.6. The van der Waals surface area contributed by atoms with Crippen molar-refractivity contribution < 1.29 is 9.59 Å². The van der Waals surface area contributed by atoms with Crippen LogP contribution in [-0.4, -0.2) is 36.3 Å². The Hall–Kier alpha value is -1.42. The molecule has 1 N–H and O–H groups in total. The summed E-state index contributed by atoms with van der Waals surface area (Å²) in [5.74, 6) is -0.355. The van der Waals surface area contributed by atoms with Crippen molar-refractivity contribution >= 4 is 11.8 Å². The summed E-state index contributed by atoms with van der Waals surface area (Å²) in [6.45, 7) is 4.68. The highest BCUT2D eigenvalue weighted by atomic mass is 16.2. The van der Waals surface area contributed by atoms with E-state index in [-0.39, 0.29) is 11.8 Å². The summed E-state index contributed by atoms with van der Waals surface area (Å²) < 4.78 is 0. The van der Waals surface area contributed by atoms with Crippen LogP contribution in [-0.2, 0) is 9.59 Å². The van der Waals surface area contributed by atoms with Crippen molar-refractivity contribution in [2.75, 3.05) is 19.6 Å². The number of unbranched alkanes of at least 4 members (excludes halogenated alkanes) is 12. The van der Waals surface area contributed by atoms with Crippen LogP contribution in [0, 0.1) is 0 Å². The van der Waals surface area contributed by atoms with Crippen LogP contribution in [0.15, 0.2) is 24.3 Å². The quantitative estimate of drug-likeness (QED) is 0.155. The predicted octanol–water partition coefficient (Wildman–Crippen LogP) is 5.93. The van der Waals surface area contributed by atoms with E-state index in [0.717, 1.165) is 19.5 Å². The maximum atomic E-state index is 11.4. The van der Waals surface area contributed by atoms with E-state index in [9.17, 15) is 9.59 Å². The summed E-state index contributed by atoms with van der Waals surface area (Å²) >= 11 is 0. The van der Waals surface area contributed by atoms with Crippen LogP contribution in [0.5, 0.6) is 0 Å². The number of nitrogens with zero attached hydrogens (tertiary/aromatic N) is 1. The van der Waals surface area contributed by atoms with Crippen molar-refractivity contribution in [1.29, 1.82) is 0 Å². The molecule has 1 heterocycles. The van der Waals surface area contributed by atoms with Crippen molar-refractivity contribution in [2.24, 2.45) is 0 Å². The topological polar surface area (TPSA) is 49.4 Å². The average molecular weight is 405 g/mol. The van der Waals surface area contributed by atoms with Crippen LogP contribution in [0.25, 0.3) is 0 Å². The minimum atomic E-state index is -0.178. The van der Waals surface area contributed by atoms with E-state index in [0.29, 0.717) is 6.54 Å². The van der Waals surface area contributed by atoms with Gasteiger partial charge >= 0.3 is 0 Å². The van der Waals surface area contributed by atoms with Gasteiger partial charge in [-0.1, -0.05) is 76.9 Å². The lowest BCUT2D eigenvalue weighted by Crippen LogP contribution is -2.32. The first kappa shape index (κ1) is 25.6. The van der Waals surface area contributed by atoms with Gasteiger partial charge in [-0.25, -0.2) is 0 Å². The Morgan fingerprint density at radius 1 is 0.690 bits per heavy atom. The van der Waals surface area contributed by atoms with Crippen molar-refractivity contribution in [2.45, 2.75) is 103 Å². The second-order valence-electron chi connectivity index (χ2n) is 8.20. The molecule has 0 aromatic heterocycles. The molecule has 0 fully saturated rings. The molecular formula is C25H44N2O2. The molecule has 166 valence electrons. The number of allylic oxidation sites excluding steroid dienone is 2. The lowest BCUT2D eigenvalue weighted by atomic mass is 10.1. The summed E-state index contributed by atoms with van der Waals surface area (Å²) in [4.78, 5) is 24.1. The number of carbonyl (C=O) groups is 2. The predicted molar refractivity (Wildman–Crippen MR) is 123 cm³/mol. The van der Waals surface area contributed by atoms with E-state index in [2.05, 4.69) is 24.4 Å². The molecule has 0 aromatic rings. The van der Waals surface area contributed by atoms with E-state index in [1.807, 2.05) is 0 Å². The Balaban J connectivity index is 1.73. The Morgan fingerprint density at radius 2 is 1.17 bits per heavy atom. The van der Waals surface area contributed by atoms with E-state index >= 15 is 0 Å². The molecule has 0 bridgehead atoms. The summed E-state index contributed by atoms with van der Waals surface area (Å²) in [6.07, 6.45) is 27.0. The second-order valence-corrected chi connectivity index (χ2v) is 8.20. The molecule has 1 aliphatic rings. The smallest absolute Gasteiger partial charge is 0.253 e. The molecule has 2 amide bonds. The van der Waals surface area contributed by atoms with Crippen LogP contribution in [0.3, 0.4) is 0 Å². The molecule has 0 radical (unpaired) electrons. The summed E-state index contributed by atoms with van der Waals surface area (Å²) in [7, 11) is 0. The molecule has 0 saturated heterocycles.